The fourth-order valence-corrected chi connectivity index (χ4v) is 3.91. The lowest BCUT2D eigenvalue weighted by Crippen LogP contribution is -2.17. The van der Waals surface area contributed by atoms with E-state index in [0.29, 0.717) is 45.3 Å². The number of hydrazone groups is 1. The van der Waals surface area contributed by atoms with Gasteiger partial charge in [-0.1, -0.05) is 40.9 Å². The molecular formula is C23H18Cl3IN2O3. The fourth-order valence-electron chi connectivity index (χ4n) is 2.68. The number of benzene rings is 3. The average molecular weight is 604 g/mol. The van der Waals surface area contributed by atoms with Crippen molar-refractivity contribution in [1.29, 1.82) is 0 Å². The summed E-state index contributed by atoms with van der Waals surface area (Å²) in [4.78, 5) is 12.2. The second-order valence-electron chi connectivity index (χ2n) is 6.51. The van der Waals surface area contributed by atoms with Crippen molar-refractivity contribution in [3.05, 3.63) is 89.9 Å². The molecule has 166 valence electrons. The van der Waals surface area contributed by atoms with E-state index in [1.165, 1.54) is 0 Å². The molecule has 0 unspecified atom stereocenters. The molecule has 1 N–H and O–H groups in total. The quantitative estimate of drug-likeness (QED) is 0.172. The van der Waals surface area contributed by atoms with Crippen molar-refractivity contribution < 1.29 is 14.3 Å². The molecule has 0 saturated carbocycles. The number of amides is 1. The topological polar surface area (TPSA) is 59.9 Å². The van der Waals surface area contributed by atoms with Gasteiger partial charge in [0.25, 0.3) is 5.91 Å². The van der Waals surface area contributed by atoms with Crippen LogP contribution in [0.4, 0.5) is 0 Å². The van der Waals surface area contributed by atoms with Crippen LogP contribution >= 0.6 is 57.4 Å². The van der Waals surface area contributed by atoms with Crippen LogP contribution in [0.15, 0.2) is 59.7 Å². The van der Waals surface area contributed by atoms with Crippen LogP contribution in [0.1, 0.15) is 28.4 Å². The third-order valence-electron chi connectivity index (χ3n) is 4.19. The molecule has 0 saturated heterocycles. The highest BCUT2D eigenvalue weighted by atomic mass is 127. The number of carbonyl (C=O) groups excluding carboxylic acids is 1. The largest absolute Gasteiger partial charge is 0.490 e. The van der Waals surface area contributed by atoms with E-state index in [-0.39, 0.29) is 5.91 Å². The Morgan fingerprint density at radius 1 is 1.03 bits per heavy atom. The third kappa shape index (κ3) is 6.75. The summed E-state index contributed by atoms with van der Waals surface area (Å²) in [7, 11) is 0. The predicted molar refractivity (Wildman–Crippen MR) is 138 cm³/mol. The Bertz CT molecular complexity index is 1140. The van der Waals surface area contributed by atoms with E-state index < -0.39 is 0 Å². The third-order valence-corrected chi connectivity index (χ3v) is 5.98. The molecule has 0 spiro atoms. The van der Waals surface area contributed by atoms with Crippen LogP contribution in [0.3, 0.4) is 0 Å². The number of nitrogens with one attached hydrogen (secondary N) is 1. The average Bonchev–Trinajstić information content (AvgIpc) is 2.76. The summed E-state index contributed by atoms with van der Waals surface area (Å²) in [5.41, 5.74) is 4.59. The van der Waals surface area contributed by atoms with Gasteiger partial charge in [-0.25, -0.2) is 5.43 Å². The number of hydrogen-bond acceptors (Lipinski definition) is 4. The maximum atomic E-state index is 12.2. The Balaban J connectivity index is 1.72. The van der Waals surface area contributed by atoms with Gasteiger partial charge in [-0.15, -0.1) is 0 Å². The van der Waals surface area contributed by atoms with Crippen molar-refractivity contribution in [2.24, 2.45) is 5.10 Å². The molecule has 0 aliphatic rings. The van der Waals surface area contributed by atoms with Crippen molar-refractivity contribution in [2.75, 3.05) is 6.61 Å². The SMILES string of the molecule is CCOc1cc(/C=N/NC(=O)c2ccc(Cl)cc2)cc(I)c1OCc1ccc(Cl)c(Cl)c1. The number of hydrogen-bond donors (Lipinski definition) is 1. The second-order valence-corrected chi connectivity index (χ2v) is 8.92. The van der Waals surface area contributed by atoms with Crippen LogP contribution < -0.4 is 14.9 Å². The minimum absolute atomic E-state index is 0.303. The molecule has 3 rings (SSSR count). The summed E-state index contributed by atoms with van der Waals surface area (Å²) in [6.07, 6.45) is 1.54. The number of nitrogens with zero attached hydrogens (tertiary/aromatic N) is 1. The first-order chi connectivity index (χ1) is 15.4. The Morgan fingerprint density at radius 3 is 2.47 bits per heavy atom. The molecule has 0 aliphatic heterocycles. The van der Waals surface area contributed by atoms with Crippen LogP contribution in [0.2, 0.25) is 15.1 Å². The van der Waals surface area contributed by atoms with Gasteiger partial charge in [0, 0.05) is 10.6 Å². The van der Waals surface area contributed by atoms with Crippen LogP contribution in [0.25, 0.3) is 0 Å². The predicted octanol–water partition coefficient (Wildman–Crippen LogP) is 6.99. The smallest absolute Gasteiger partial charge is 0.271 e. The van der Waals surface area contributed by atoms with E-state index >= 15 is 0 Å². The molecule has 0 radical (unpaired) electrons. The first-order valence-corrected chi connectivity index (χ1v) is 11.7. The molecule has 32 heavy (non-hydrogen) atoms. The van der Waals surface area contributed by atoms with Gasteiger partial charge in [0.1, 0.15) is 6.61 Å². The van der Waals surface area contributed by atoms with Crippen molar-refractivity contribution in [3.8, 4) is 11.5 Å². The summed E-state index contributed by atoms with van der Waals surface area (Å²) in [5.74, 6) is 0.852. The molecule has 0 fully saturated rings. The van der Waals surface area contributed by atoms with E-state index in [2.05, 4.69) is 33.1 Å². The second kappa shape index (κ2) is 11.7. The lowest BCUT2D eigenvalue weighted by molar-refractivity contribution is 0.0955. The van der Waals surface area contributed by atoms with Gasteiger partial charge in [-0.3, -0.25) is 4.79 Å². The van der Waals surface area contributed by atoms with E-state index in [1.54, 1.807) is 48.7 Å². The monoisotopic (exact) mass is 602 g/mol. The summed E-state index contributed by atoms with van der Waals surface area (Å²) in [6.45, 7) is 2.66. The van der Waals surface area contributed by atoms with Crippen molar-refractivity contribution in [3.63, 3.8) is 0 Å². The highest BCUT2D eigenvalue weighted by Gasteiger charge is 2.13. The maximum Gasteiger partial charge on any atom is 0.271 e. The molecule has 1 amide bonds. The standard InChI is InChI=1S/C23H18Cl3IN2O3/c1-2-31-21-11-15(12-28-29-23(30)16-4-6-17(24)7-5-16)10-20(27)22(21)32-13-14-3-8-18(25)19(26)9-14/h3-12H,2,13H2,1H3,(H,29,30)/b28-12+. The highest BCUT2D eigenvalue weighted by Crippen LogP contribution is 2.35. The van der Waals surface area contributed by atoms with E-state index in [9.17, 15) is 4.79 Å². The fraction of sp³-hybridized carbons (Fsp3) is 0.130. The van der Waals surface area contributed by atoms with Crippen LogP contribution in [0.5, 0.6) is 11.5 Å². The first kappa shape index (κ1) is 24.6. The van der Waals surface area contributed by atoms with Gasteiger partial charge in [0.05, 0.1) is 26.4 Å². The van der Waals surface area contributed by atoms with Crippen molar-refractivity contribution >= 4 is 69.5 Å². The first-order valence-electron chi connectivity index (χ1n) is 9.49. The van der Waals surface area contributed by atoms with Crippen LogP contribution in [-0.2, 0) is 6.61 Å². The van der Waals surface area contributed by atoms with Gasteiger partial charge >= 0.3 is 0 Å². The maximum absolute atomic E-state index is 12.2. The van der Waals surface area contributed by atoms with Gasteiger partial charge in [0.2, 0.25) is 0 Å². The normalized spacial score (nSPS) is 10.9. The lowest BCUT2D eigenvalue weighted by atomic mass is 10.2. The molecular weight excluding hydrogens is 586 g/mol. The summed E-state index contributed by atoms with van der Waals surface area (Å²) in [5, 5.41) is 5.56. The zero-order valence-corrected chi connectivity index (χ0v) is 21.3. The van der Waals surface area contributed by atoms with E-state index in [4.69, 9.17) is 44.3 Å². The van der Waals surface area contributed by atoms with Crippen molar-refractivity contribution in [1.82, 2.24) is 5.43 Å². The molecule has 3 aromatic rings. The molecule has 5 nitrogen and oxygen atoms in total. The lowest BCUT2D eigenvalue weighted by Gasteiger charge is -2.15. The summed E-state index contributed by atoms with van der Waals surface area (Å²) in [6, 6.07) is 15.6. The molecule has 9 heteroatoms. The minimum Gasteiger partial charge on any atom is -0.490 e. The van der Waals surface area contributed by atoms with Crippen LogP contribution in [0, 0.1) is 3.57 Å². The molecule has 0 aromatic heterocycles. The van der Waals surface area contributed by atoms with Gasteiger partial charge in [0.15, 0.2) is 11.5 Å². The zero-order valence-electron chi connectivity index (χ0n) is 16.9. The van der Waals surface area contributed by atoms with Gasteiger partial charge < -0.3 is 9.47 Å². The van der Waals surface area contributed by atoms with Crippen LogP contribution in [-0.4, -0.2) is 18.7 Å². The number of ether oxygens (including phenoxy) is 2. The highest BCUT2D eigenvalue weighted by molar-refractivity contribution is 14.1. The van der Waals surface area contributed by atoms with E-state index in [0.717, 1.165) is 14.7 Å². The Labute approximate surface area is 214 Å². The minimum atomic E-state index is -0.334. The number of halogens is 4. The molecule has 0 aliphatic carbocycles. The number of rotatable bonds is 8. The molecule has 0 heterocycles. The van der Waals surface area contributed by atoms with E-state index in [1.807, 2.05) is 19.1 Å². The van der Waals surface area contributed by atoms with Crippen molar-refractivity contribution in [2.45, 2.75) is 13.5 Å². The Hall–Kier alpha value is -2.00. The summed E-state index contributed by atoms with van der Waals surface area (Å²) < 4.78 is 12.6. The molecule has 3 aromatic carbocycles. The molecule has 0 bridgehead atoms. The zero-order chi connectivity index (χ0) is 23.1. The Morgan fingerprint density at radius 2 is 1.78 bits per heavy atom. The van der Waals surface area contributed by atoms with Gasteiger partial charge in [-0.05, 0) is 89.2 Å². The number of carbonyl (C=O) groups is 1. The summed E-state index contributed by atoms with van der Waals surface area (Å²) >= 11 is 20.1. The van der Waals surface area contributed by atoms with Gasteiger partial charge in [-0.2, -0.15) is 5.10 Å². The molecule has 0 atom stereocenters. The Kier molecular flexibility index (Phi) is 9.04.